The van der Waals surface area contributed by atoms with Gasteiger partial charge in [-0.3, -0.25) is 14.6 Å². The minimum Gasteiger partial charge on any atom is -0.507 e. The number of ether oxygens (including phenoxy) is 1. The lowest BCUT2D eigenvalue weighted by molar-refractivity contribution is -0.120. The molecule has 0 aliphatic heterocycles. The molecule has 0 bridgehead atoms. The van der Waals surface area contributed by atoms with Crippen molar-refractivity contribution in [3.63, 3.8) is 0 Å². The molecule has 2 aromatic heterocycles. The van der Waals surface area contributed by atoms with Crippen LogP contribution in [0, 0.1) is 0 Å². The van der Waals surface area contributed by atoms with Gasteiger partial charge in [0.05, 0.1) is 17.0 Å². The van der Waals surface area contributed by atoms with Gasteiger partial charge in [0.25, 0.3) is 0 Å². The second-order valence-electron chi connectivity index (χ2n) is 7.20. The molecule has 3 rings (SSSR count). The summed E-state index contributed by atoms with van der Waals surface area (Å²) >= 11 is 1.23. The van der Waals surface area contributed by atoms with E-state index in [1.165, 1.54) is 11.3 Å². The standard InChI is InChI=1S/C22H27N3O4S/c1-3-5-15-7-6-14(13-24-15)20(27)16-8-9-17-22(21(16)28)30-19(25-17)12-18(26)23-10-4-11-29-2/h6-7,13,27H,3-5,8-12H2,1-2H3,(H,23,26)/b20-16-. The Bertz CT molecular complexity index is 934. The summed E-state index contributed by atoms with van der Waals surface area (Å²) in [7, 11) is 1.62. The summed E-state index contributed by atoms with van der Waals surface area (Å²) < 4.78 is 4.96. The van der Waals surface area contributed by atoms with Crippen molar-refractivity contribution in [3.8, 4) is 0 Å². The summed E-state index contributed by atoms with van der Waals surface area (Å²) in [4.78, 5) is 34.4. The van der Waals surface area contributed by atoms with Crippen molar-refractivity contribution in [2.75, 3.05) is 20.3 Å². The fraction of sp³-hybridized carbons (Fsp3) is 0.455. The van der Waals surface area contributed by atoms with Gasteiger partial charge in [-0.2, -0.15) is 0 Å². The van der Waals surface area contributed by atoms with Gasteiger partial charge in [-0.25, -0.2) is 4.98 Å². The van der Waals surface area contributed by atoms with E-state index in [9.17, 15) is 14.7 Å². The van der Waals surface area contributed by atoms with Crippen molar-refractivity contribution in [1.29, 1.82) is 0 Å². The van der Waals surface area contributed by atoms with Crippen LogP contribution in [0.4, 0.5) is 0 Å². The molecule has 1 amide bonds. The number of nitrogens with one attached hydrogen (secondary N) is 1. The van der Waals surface area contributed by atoms with Crippen LogP contribution in [0.3, 0.4) is 0 Å². The fourth-order valence-electron chi connectivity index (χ4n) is 3.33. The van der Waals surface area contributed by atoms with E-state index in [1.54, 1.807) is 19.4 Å². The molecule has 0 unspecified atom stereocenters. The minimum absolute atomic E-state index is 0.0213. The molecule has 2 N–H and O–H groups in total. The maximum absolute atomic E-state index is 13.0. The predicted molar refractivity (Wildman–Crippen MR) is 116 cm³/mol. The number of nitrogens with zero attached hydrogens (tertiary/aromatic N) is 2. The van der Waals surface area contributed by atoms with Crippen LogP contribution in [0.5, 0.6) is 0 Å². The quantitative estimate of drug-likeness (QED) is 0.360. The van der Waals surface area contributed by atoms with Gasteiger partial charge in [-0.1, -0.05) is 13.3 Å². The van der Waals surface area contributed by atoms with Gasteiger partial charge in [-0.15, -0.1) is 11.3 Å². The molecule has 1 aliphatic rings. The first-order valence-electron chi connectivity index (χ1n) is 10.2. The van der Waals surface area contributed by atoms with Gasteiger partial charge in [0, 0.05) is 43.3 Å². The number of amides is 1. The number of rotatable bonds is 9. The van der Waals surface area contributed by atoms with Gasteiger partial charge in [0.1, 0.15) is 10.8 Å². The van der Waals surface area contributed by atoms with E-state index in [1.807, 2.05) is 6.07 Å². The Balaban J connectivity index is 1.70. The SMILES string of the molecule is CCCc1ccc(/C(O)=C2\CCc3nc(CC(=O)NCCCOC)sc3C2=O)cn1. The molecule has 0 fully saturated rings. The lowest BCUT2D eigenvalue weighted by atomic mass is 9.93. The second-order valence-corrected chi connectivity index (χ2v) is 8.28. The molecule has 0 aromatic carbocycles. The fourth-order valence-corrected chi connectivity index (χ4v) is 4.41. The molecule has 7 nitrogen and oxygen atoms in total. The third kappa shape index (κ3) is 5.31. The average Bonchev–Trinajstić information content (AvgIpc) is 3.15. The van der Waals surface area contributed by atoms with Crippen LogP contribution < -0.4 is 5.32 Å². The Morgan fingerprint density at radius 3 is 2.87 bits per heavy atom. The van der Waals surface area contributed by atoms with Crippen LogP contribution in [-0.2, 0) is 28.8 Å². The molecule has 2 aromatic rings. The molecule has 2 heterocycles. The lowest BCUT2D eigenvalue weighted by Crippen LogP contribution is -2.26. The Labute approximate surface area is 180 Å². The molecule has 30 heavy (non-hydrogen) atoms. The number of carbonyl (C=O) groups excluding carboxylic acids is 2. The highest BCUT2D eigenvalue weighted by Gasteiger charge is 2.29. The number of aromatic nitrogens is 2. The van der Waals surface area contributed by atoms with Crippen molar-refractivity contribution in [1.82, 2.24) is 15.3 Å². The second kappa shape index (κ2) is 10.4. The van der Waals surface area contributed by atoms with Crippen LogP contribution in [0.25, 0.3) is 5.76 Å². The third-order valence-electron chi connectivity index (χ3n) is 4.88. The Morgan fingerprint density at radius 2 is 2.17 bits per heavy atom. The van der Waals surface area contributed by atoms with Gasteiger partial charge in [0.15, 0.2) is 0 Å². The van der Waals surface area contributed by atoms with E-state index in [0.717, 1.165) is 25.0 Å². The molecule has 8 heteroatoms. The number of aliphatic hydroxyl groups is 1. The first-order valence-corrected chi connectivity index (χ1v) is 11.0. The number of Topliss-reactive ketones (excluding diaryl/α,β-unsaturated/α-hetero) is 1. The van der Waals surface area contributed by atoms with E-state index in [2.05, 4.69) is 22.2 Å². The number of hydrogen-bond donors (Lipinski definition) is 2. The largest absolute Gasteiger partial charge is 0.507 e. The van der Waals surface area contributed by atoms with Crippen LogP contribution in [0.1, 0.15) is 57.8 Å². The van der Waals surface area contributed by atoms with E-state index in [-0.39, 0.29) is 23.9 Å². The number of aliphatic hydroxyl groups excluding tert-OH is 1. The average molecular weight is 430 g/mol. The Hall–Kier alpha value is -2.58. The molecular weight excluding hydrogens is 402 g/mol. The van der Waals surface area contributed by atoms with Gasteiger partial charge in [-0.05, 0) is 37.8 Å². The smallest absolute Gasteiger partial charge is 0.226 e. The zero-order chi connectivity index (χ0) is 21.5. The van der Waals surface area contributed by atoms with Crippen molar-refractivity contribution >= 4 is 28.8 Å². The minimum atomic E-state index is -0.212. The lowest BCUT2D eigenvalue weighted by Gasteiger charge is -2.14. The van der Waals surface area contributed by atoms with Crippen molar-refractivity contribution in [3.05, 3.63) is 50.7 Å². The Kier molecular flexibility index (Phi) is 7.70. The summed E-state index contributed by atoms with van der Waals surface area (Å²) in [6.45, 7) is 3.22. The first-order chi connectivity index (χ1) is 14.5. The number of fused-ring (bicyclic) bond motifs is 1. The van der Waals surface area contributed by atoms with Gasteiger partial charge < -0.3 is 15.2 Å². The number of thiazole rings is 1. The maximum Gasteiger partial charge on any atom is 0.226 e. The number of allylic oxidation sites excluding steroid dienone is 1. The predicted octanol–water partition coefficient (Wildman–Crippen LogP) is 3.28. The van der Waals surface area contributed by atoms with Crippen LogP contribution >= 0.6 is 11.3 Å². The highest BCUT2D eigenvalue weighted by molar-refractivity contribution is 7.14. The number of methoxy groups -OCH3 is 1. The number of carbonyl (C=O) groups is 2. The topological polar surface area (TPSA) is 101 Å². The number of hydrogen-bond acceptors (Lipinski definition) is 7. The Morgan fingerprint density at radius 1 is 1.33 bits per heavy atom. The molecule has 0 saturated heterocycles. The molecule has 0 radical (unpaired) electrons. The van der Waals surface area contributed by atoms with E-state index < -0.39 is 0 Å². The monoisotopic (exact) mass is 429 g/mol. The van der Waals surface area contributed by atoms with Crippen molar-refractivity contribution in [2.24, 2.45) is 0 Å². The maximum atomic E-state index is 13.0. The normalized spacial score (nSPS) is 15.1. The molecular formula is C22H27N3O4S. The number of aryl methyl sites for hydroxylation is 2. The highest BCUT2D eigenvalue weighted by atomic mass is 32.1. The van der Waals surface area contributed by atoms with E-state index >= 15 is 0 Å². The third-order valence-corrected chi connectivity index (χ3v) is 5.98. The molecule has 0 saturated carbocycles. The number of ketones is 1. The summed E-state index contributed by atoms with van der Waals surface area (Å²) in [5.74, 6) is -0.357. The summed E-state index contributed by atoms with van der Waals surface area (Å²) in [6, 6.07) is 3.68. The molecule has 0 spiro atoms. The first kappa shape index (κ1) is 22.1. The van der Waals surface area contributed by atoms with E-state index in [4.69, 9.17) is 4.74 Å². The van der Waals surface area contributed by atoms with Crippen molar-refractivity contribution < 1.29 is 19.4 Å². The van der Waals surface area contributed by atoms with Crippen LogP contribution in [-0.4, -0.2) is 47.0 Å². The zero-order valence-corrected chi connectivity index (χ0v) is 18.2. The highest BCUT2D eigenvalue weighted by Crippen LogP contribution is 2.33. The van der Waals surface area contributed by atoms with Crippen molar-refractivity contribution in [2.45, 2.75) is 45.4 Å². The molecule has 0 atom stereocenters. The molecule has 1 aliphatic carbocycles. The van der Waals surface area contributed by atoms with Gasteiger partial charge >= 0.3 is 0 Å². The zero-order valence-electron chi connectivity index (χ0n) is 17.4. The summed E-state index contributed by atoms with van der Waals surface area (Å²) in [5, 5.41) is 14.1. The van der Waals surface area contributed by atoms with Crippen LogP contribution in [0.2, 0.25) is 0 Å². The summed E-state index contributed by atoms with van der Waals surface area (Å²) in [5.41, 5.74) is 2.60. The van der Waals surface area contributed by atoms with Gasteiger partial charge in [0.2, 0.25) is 11.7 Å². The van der Waals surface area contributed by atoms with Crippen LogP contribution in [0.15, 0.2) is 23.9 Å². The summed E-state index contributed by atoms with van der Waals surface area (Å²) in [6.07, 6.45) is 5.36. The number of pyridine rings is 1. The molecule has 160 valence electrons. The van der Waals surface area contributed by atoms with E-state index in [0.29, 0.717) is 52.7 Å².